The third-order valence-electron chi connectivity index (χ3n) is 11.1. The summed E-state index contributed by atoms with van der Waals surface area (Å²) in [5.74, 6) is 0.909. The van der Waals surface area contributed by atoms with Crippen LogP contribution >= 0.6 is 16.5 Å². The lowest BCUT2D eigenvalue weighted by atomic mass is 9.70. The number of para-hydroxylation sites is 4. The van der Waals surface area contributed by atoms with E-state index in [9.17, 15) is 4.79 Å². The highest BCUT2D eigenvalue weighted by Gasteiger charge is 2.36. The molecule has 0 atom stereocenters. The summed E-state index contributed by atoms with van der Waals surface area (Å²) in [5.41, 5.74) is 4.80. The maximum absolute atomic E-state index is 13.8. The molecule has 0 amide bonds. The number of hydrogen-bond donors (Lipinski definition) is 0. The van der Waals surface area contributed by atoms with Gasteiger partial charge in [0.1, 0.15) is 40.4 Å². The van der Waals surface area contributed by atoms with Crippen LogP contribution in [-0.2, 0) is 30.5 Å². The van der Waals surface area contributed by atoms with Crippen LogP contribution in [0.5, 0.6) is 11.5 Å². The highest BCUT2D eigenvalue weighted by molar-refractivity contribution is 7.32. The second-order valence-electron chi connectivity index (χ2n) is 17.6. The van der Waals surface area contributed by atoms with Gasteiger partial charge in [0.05, 0.1) is 13.0 Å². The van der Waals surface area contributed by atoms with E-state index in [-0.39, 0.29) is 29.8 Å². The number of methoxy groups -OCH3 is 1. The first-order valence-electron chi connectivity index (χ1n) is 20.7. The molecule has 0 aliphatic rings. The number of hydrogen-bond acceptors (Lipinski definition) is 9. The van der Waals surface area contributed by atoms with Crippen LogP contribution in [0.25, 0.3) is 43.9 Å². The molecule has 0 radical (unpaired) electrons. The predicted molar refractivity (Wildman–Crippen MR) is 249 cm³/mol. The van der Waals surface area contributed by atoms with Crippen molar-refractivity contribution >= 4 is 66.3 Å². The average molecular weight is 871 g/mol. The molecule has 2 heterocycles. The second kappa shape index (κ2) is 17.5. The summed E-state index contributed by atoms with van der Waals surface area (Å²) in [6, 6.07) is 43.8. The van der Waals surface area contributed by atoms with E-state index in [0.29, 0.717) is 40.4 Å². The summed E-state index contributed by atoms with van der Waals surface area (Å²) in [7, 11) is -2.20. The molecule has 0 saturated heterocycles. The summed E-state index contributed by atoms with van der Waals surface area (Å²) < 4.78 is 50.1. The van der Waals surface area contributed by atoms with Crippen LogP contribution < -0.4 is 9.05 Å². The Labute approximate surface area is 363 Å². The summed E-state index contributed by atoms with van der Waals surface area (Å²) in [6.45, 7) is 15.4. The van der Waals surface area contributed by atoms with E-state index in [1.807, 2.05) is 121 Å². The fourth-order valence-corrected chi connectivity index (χ4v) is 9.84. The van der Waals surface area contributed by atoms with E-state index in [2.05, 4.69) is 60.6 Å². The van der Waals surface area contributed by atoms with E-state index in [1.165, 1.54) is 0 Å². The van der Waals surface area contributed by atoms with Crippen molar-refractivity contribution in [2.75, 3.05) is 20.3 Å². The lowest BCUT2D eigenvalue weighted by Crippen LogP contribution is -2.30. The maximum Gasteiger partial charge on any atom is 0.453 e. The van der Waals surface area contributed by atoms with E-state index in [4.69, 9.17) is 35.3 Å². The Hall–Kier alpha value is -5.85. The zero-order chi connectivity index (χ0) is 43.6. The summed E-state index contributed by atoms with van der Waals surface area (Å²) >= 11 is 0. The SMILES string of the molecule is COCCOC(=O)CC(C)(c1ccc(Op2oc3ccccc3c3ccccc3o2)c(C(C)(C)C)c1)c1ccc(Op2oc3ccccc3c3ccccc3o2)c(C(C)(C)C)c1. The molecule has 8 aromatic rings. The van der Waals surface area contributed by atoms with Crippen LogP contribution in [0.2, 0.25) is 0 Å². The first-order chi connectivity index (χ1) is 29.7. The minimum Gasteiger partial charge on any atom is -0.463 e. The van der Waals surface area contributed by atoms with Gasteiger partial charge in [-0.3, -0.25) is 4.79 Å². The van der Waals surface area contributed by atoms with Crippen LogP contribution in [0.4, 0.5) is 0 Å². The molecule has 0 saturated carbocycles. The monoisotopic (exact) mass is 870 g/mol. The number of ether oxygens (including phenoxy) is 2. The van der Waals surface area contributed by atoms with Gasteiger partial charge in [-0.1, -0.05) is 146 Å². The van der Waals surface area contributed by atoms with Crippen LogP contribution in [0.1, 0.15) is 77.1 Å². The van der Waals surface area contributed by atoms with E-state index in [1.54, 1.807) is 7.11 Å². The lowest BCUT2D eigenvalue weighted by molar-refractivity contribution is -0.146. The minimum absolute atomic E-state index is 0.0588. The number of benzene rings is 6. The van der Waals surface area contributed by atoms with Gasteiger partial charge in [-0.05, 0) is 58.4 Å². The van der Waals surface area contributed by atoms with Crippen molar-refractivity contribution in [3.8, 4) is 11.5 Å². The van der Waals surface area contributed by atoms with Crippen molar-refractivity contribution in [1.82, 2.24) is 0 Å². The molecule has 6 aromatic carbocycles. The molecule has 0 unspecified atom stereocenters. The topological polar surface area (TPSA) is 107 Å². The molecule has 0 aliphatic heterocycles. The largest absolute Gasteiger partial charge is 0.463 e. The van der Waals surface area contributed by atoms with Gasteiger partial charge in [-0.25, -0.2) is 0 Å². The number of carbonyl (C=O) groups excluding carboxylic acids is 1. The Morgan fingerprint density at radius 1 is 0.500 bits per heavy atom. The first kappa shape index (κ1) is 42.8. The molecular weight excluding hydrogens is 818 g/mol. The van der Waals surface area contributed by atoms with Gasteiger partial charge in [-0.15, -0.1) is 0 Å². The van der Waals surface area contributed by atoms with Gasteiger partial charge in [0.2, 0.25) is 0 Å². The Kier molecular flexibility index (Phi) is 12.1. The van der Waals surface area contributed by atoms with E-state index < -0.39 is 21.9 Å². The zero-order valence-electron chi connectivity index (χ0n) is 36.4. The maximum atomic E-state index is 13.8. The van der Waals surface area contributed by atoms with E-state index >= 15 is 0 Å². The second-order valence-corrected chi connectivity index (χ2v) is 19.6. The third kappa shape index (κ3) is 9.03. The van der Waals surface area contributed by atoms with Gasteiger partial charge in [-0.2, -0.15) is 0 Å². The average Bonchev–Trinajstić information content (AvgIpc) is 3.50. The van der Waals surface area contributed by atoms with Crippen molar-refractivity contribution in [1.29, 1.82) is 0 Å². The molecular formula is C51H52O9P2. The standard InChI is InChI=1S/C51H52O9P2/c1-49(2,3)40-31-34(25-27-46(40)59-61-55-42-21-13-9-17-36(42)37-18-10-14-22-43(37)56-61)51(7,33-48(52)54-30-29-53-8)35-26-28-47(41(32-35)50(4,5)6)60-62-57-44-23-15-11-19-38(44)39-20-12-16-24-45(39)58-62/h9-28,31-32H,29-30,33H2,1-8H3. The molecule has 0 aliphatic carbocycles. The Balaban J connectivity index is 1.24. The zero-order valence-corrected chi connectivity index (χ0v) is 38.2. The predicted octanol–water partition coefficient (Wildman–Crippen LogP) is 15.1. The summed E-state index contributed by atoms with van der Waals surface area (Å²) in [4.78, 5) is 13.8. The molecule has 2 aromatic heterocycles. The van der Waals surface area contributed by atoms with Crippen LogP contribution in [0, 0.1) is 0 Å². The highest BCUT2D eigenvalue weighted by Crippen LogP contribution is 2.47. The van der Waals surface area contributed by atoms with Gasteiger partial charge >= 0.3 is 22.4 Å². The van der Waals surface area contributed by atoms with Crippen molar-refractivity contribution in [3.05, 3.63) is 156 Å². The Morgan fingerprint density at radius 3 is 1.19 bits per heavy atom. The van der Waals surface area contributed by atoms with Crippen molar-refractivity contribution < 1.29 is 40.1 Å². The fraction of sp³-hybridized carbons (Fsp3) is 0.275. The van der Waals surface area contributed by atoms with E-state index in [0.717, 1.165) is 43.8 Å². The van der Waals surface area contributed by atoms with Crippen LogP contribution in [-0.4, -0.2) is 26.3 Å². The lowest BCUT2D eigenvalue weighted by Gasteiger charge is -2.34. The molecule has 62 heavy (non-hydrogen) atoms. The van der Waals surface area contributed by atoms with Crippen LogP contribution in [0.15, 0.2) is 150 Å². The summed E-state index contributed by atoms with van der Waals surface area (Å²) in [6.07, 6.45) is 0.0588. The smallest absolute Gasteiger partial charge is 0.453 e. The molecule has 11 heteroatoms. The van der Waals surface area contributed by atoms with Gasteiger partial charge in [0.15, 0.2) is 0 Å². The Morgan fingerprint density at radius 2 is 0.855 bits per heavy atom. The molecule has 0 N–H and O–H groups in total. The third-order valence-corrected chi connectivity index (χ3v) is 13.1. The molecule has 9 nitrogen and oxygen atoms in total. The molecule has 0 spiro atoms. The normalized spacial score (nSPS) is 12.2. The minimum atomic E-state index is -1.89. The van der Waals surface area contributed by atoms with Crippen molar-refractivity contribution in [2.24, 2.45) is 0 Å². The Bertz CT molecular complexity index is 2680. The first-order valence-corrected chi connectivity index (χ1v) is 22.9. The van der Waals surface area contributed by atoms with Gasteiger partial charge in [0, 0.05) is 45.2 Å². The number of fused-ring (bicyclic) bond motifs is 6. The number of esters is 1. The quantitative estimate of drug-likeness (QED) is 0.0927. The van der Waals surface area contributed by atoms with Gasteiger partial charge in [0.25, 0.3) is 0 Å². The molecule has 8 rings (SSSR count). The number of rotatable bonds is 11. The van der Waals surface area contributed by atoms with Gasteiger partial charge < -0.3 is 35.3 Å². The molecule has 320 valence electrons. The van der Waals surface area contributed by atoms with Crippen LogP contribution in [0.3, 0.4) is 0 Å². The number of carbonyl (C=O) groups is 1. The molecule has 0 fully saturated rings. The highest BCUT2D eigenvalue weighted by atomic mass is 31.1. The summed E-state index contributed by atoms with van der Waals surface area (Å²) in [5, 5.41) is 3.75. The molecule has 0 bridgehead atoms. The van der Waals surface area contributed by atoms with Crippen molar-refractivity contribution in [3.63, 3.8) is 0 Å². The fourth-order valence-electron chi connectivity index (χ4n) is 7.70. The van der Waals surface area contributed by atoms with Crippen molar-refractivity contribution in [2.45, 2.75) is 71.1 Å².